The van der Waals surface area contributed by atoms with Gasteiger partial charge in [0.05, 0.1) is 25.5 Å². The minimum atomic E-state index is -0.458. The molecule has 0 saturated carbocycles. The van der Waals surface area contributed by atoms with Gasteiger partial charge in [0.15, 0.2) is 11.5 Å². The summed E-state index contributed by atoms with van der Waals surface area (Å²) in [5.74, 6) is 0.335. The van der Waals surface area contributed by atoms with Gasteiger partial charge in [0, 0.05) is 17.5 Å². The highest BCUT2D eigenvalue weighted by molar-refractivity contribution is 7.09. The molecule has 36 heavy (non-hydrogen) atoms. The normalized spacial score (nSPS) is 11.7. The number of aliphatic hydroxyl groups is 1. The fraction of sp³-hybridized carbons (Fsp3) is 0.214. The standard InChI is InChI=1S/C28H27FN2O4S/c1-19(21-7-4-3-5-8-21)31(28(33)22-9-6-10-23(29)14-22)15-20-11-12-25(34-2)26(13-20)35-17-27-30-24(16-32)18-36-27/h3-14,18-19,32H,15-17H2,1-2H3. The number of aromatic nitrogens is 1. The van der Waals surface area contributed by atoms with E-state index in [4.69, 9.17) is 9.47 Å². The van der Waals surface area contributed by atoms with E-state index in [1.165, 1.54) is 29.5 Å². The molecule has 4 aromatic rings. The first-order valence-corrected chi connectivity index (χ1v) is 12.3. The van der Waals surface area contributed by atoms with Gasteiger partial charge >= 0.3 is 0 Å². The molecule has 0 spiro atoms. The maximum Gasteiger partial charge on any atom is 0.254 e. The molecule has 0 aliphatic rings. The van der Waals surface area contributed by atoms with Crippen molar-refractivity contribution >= 4 is 17.2 Å². The van der Waals surface area contributed by atoms with E-state index >= 15 is 0 Å². The number of amides is 1. The summed E-state index contributed by atoms with van der Waals surface area (Å²) in [7, 11) is 1.56. The number of carbonyl (C=O) groups excluding carboxylic acids is 1. The summed E-state index contributed by atoms with van der Waals surface area (Å²) in [6, 6.07) is 20.7. The number of methoxy groups -OCH3 is 1. The highest BCUT2D eigenvalue weighted by atomic mass is 32.1. The Bertz CT molecular complexity index is 1310. The van der Waals surface area contributed by atoms with Gasteiger partial charge in [0.25, 0.3) is 5.91 Å². The molecule has 1 amide bonds. The molecule has 1 N–H and O–H groups in total. The number of benzene rings is 3. The molecule has 4 rings (SSSR count). The minimum absolute atomic E-state index is 0.121. The lowest BCUT2D eigenvalue weighted by molar-refractivity contribution is 0.0673. The minimum Gasteiger partial charge on any atom is -0.493 e. The molecule has 8 heteroatoms. The molecule has 0 bridgehead atoms. The first-order chi connectivity index (χ1) is 17.5. The molecule has 0 saturated heterocycles. The lowest BCUT2D eigenvalue weighted by atomic mass is 10.0. The molecule has 0 radical (unpaired) electrons. The van der Waals surface area contributed by atoms with Gasteiger partial charge in [-0.3, -0.25) is 4.79 Å². The molecule has 0 aliphatic carbocycles. The zero-order chi connectivity index (χ0) is 25.5. The van der Waals surface area contributed by atoms with Crippen LogP contribution in [-0.4, -0.2) is 28.0 Å². The molecule has 1 heterocycles. The fourth-order valence-electron chi connectivity index (χ4n) is 3.84. The molecular formula is C28H27FN2O4S. The van der Waals surface area contributed by atoms with Gasteiger partial charge in [0.1, 0.15) is 17.4 Å². The van der Waals surface area contributed by atoms with Gasteiger partial charge in [-0.05, 0) is 48.4 Å². The van der Waals surface area contributed by atoms with Crippen LogP contribution in [0.1, 0.15) is 45.2 Å². The highest BCUT2D eigenvalue weighted by Crippen LogP contribution is 2.32. The van der Waals surface area contributed by atoms with Crippen LogP contribution in [0, 0.1) is 5.82 Å². The van der Waals surface area contributed by atoms with Crippen molar-refractivity contribution in [1.82, 2.24) is 9.88 Å². The number of rotatable bonds is 10. The summed E-state index contributed by atoms with van der Waals surface area (Å²) in [5, 5.41) is 11.8. The maximum atomic E-state index is 13.9. The number of aliphatic hydroxyl groups excluding tert-OH is 1. The van der Waals surface area contributed by atoms with E-state index in [1.807, 2.05) is 49.4 Å². The Morgan fingerprint density at radius 2 is 1.89 bits per heavy atom. The monoisotopic (exact) mass is 506 g/mol. The molecule has 1 aromatic heterocycles. The third-order valence-electron chi connectivity index (χ3n) is 5.78. The number of thiazole rings is 1. The van der Waals surface area contributed by atoms with E-state index in [2.05, 4.69) is 4.98 Å². The highest BCUT2D eigenvalue weighted by Gasteiger charge is 2.24. The van der Waals surface area contributed by atoms with Crippen molar-refractivity contribution in [1.29, 1.82) is 0 Å². The summed E-state index contributed by atoms with van der Waals surface area (Å²) in [5.41, 5.74) is 2.68. The van der Waals surface area contributed by atoms with Crippen molar-refractivity contribution in [3.63, 3.8) is 0 Å². The topological polar surface area (TPSA) is 71.9 Å². The first-order valence-electron chi connectivity index (χ1n) is 11.4. The number of halogens is 1. The van der Waals surface area contributed by atoms with Crippen LogP contribution in [0.3, 0.4) is 0 Å². The molecular weight excluding hydrogens is 479 g/mol. The Labute approximate surface area is 213 Å². The smallest absolute Gasteiger partial charge is 0.254 e. The van der Waals surface area contributed by atoms with Gasteiger partial charge in [0.2, 0.25) is 0 Å². The van der Waals surface area contributed by atoms with Gasteiger partial charge < -0.3 is 19.5 Å². The largest absolute Gasteiger partial charge is 0.493 e. The summed E-state index contributed by atoms with van der Waals surface area (Å²) < 4.78 is 25.4. The Hall–Kier alpha value is -3.75. The summed E-state index contributed by atoms with van der Waals surface area (Å²) in [6.45, 7) is 2.33. The summed E-state index contributed by atoms with van der Waals surface area (Å²) in [4.78, 5) is 19.6. The van der Waals surface area contributed by atoms with Crippen LogP contribution in [-0.2, 0) is 19.8 Å². The number of carbonyl (C=O) groups is 1. The predicted octanol–water partition coefficient (Wildman–Crippen LogP) is 5.77. The number of nitrogens with zero attached hydrogens (tertiary/aromatic N) is 2. The van der Waals surface area contributed by atoms with Crippen molar-refractivity contribution in [2.24, 2.45) is 0 Å². The van der Waals surface area contributed by atoms with E-state index in [1.54, 1.807) is 29.5 Å². The first kappa shape index (κ1) is 25.3. The molecule has 0 fully saturated rings. The van der Waals surface area contributed by atoms with E-state index in [0.717, 1.165) is 16.1 Å². The van der Waals surface area contributed by atoms with E-state index in [-0.39, 0.29) is 37.3 Å². The van der Waals surface area contributed by atoms with Crippen LogP contribution in [0.25, 0.3) is 0 Å². The fourth-order valence-corrected chi connectivity index (χ4v) is 4.54. The van der Waals surface area contributed by atoms with Crippen LogP contribution >= 0.6 is 11.3 Å². The summed E-state index contributed by atoms with van der Waals surface area (Å²) in [6.07, 6.45) is 0. The molecule has 1 unspecified atom stereocenters. The molecule has 0 aliphatic heterocycles. The van der Waals surface area contributed by atoms with E-state index in [0.29, 0.717) is 17.2 Å². The second kappa shape index (κ2) is 11.8. The van der Waals surface area contributed by atoms with Gasteiger partial charge in [-0.1, -0.05) is 42.5 Å². The Morgan fingerprint density at radius 3 is 2.58 bits per heavy atom. The second-order valence-electron chi connectivity index (χ2n) is 8.19. The number of hydrogen-bond donors (Lipinski definition) is 1. The lowest BCUT2D eigenvalue weighted by Crippen LogP contribution is -2.33. The van der Waals surface area contributed by atoms with Crippen molar-refractivity contribution in [2.45, 2.75) is 32.7 Å². The number of hydrogen-bond acceptors (Lipinski definition) is 6. The van der Waals surface area contributed by atoms with Crippen LogP contribution in [0.5, 0.6) is 11.5 Å². The predicted molar refractivity (Wildman–Crippen MR) is 136 cm³/mol. The third kappa shape index (κ3) is 6.08. The van der Waals surface area contributed by atoms with E-state index in [9.17, 15) is 14.3 Å². The average Bonchev–Trinajstić information content (AvgIpc) is 3.38. The quantitative estimate of drug-likeness (QED) is 0.296. The van der Waals surface area contributed by atoms with Crippen molar-refractivity contribution in [3.8, 4) is 11.5 Å². The van der Waals surface area contributed by atoms with Crippen LogP contribution in [0.2, 0.25) is 0 Å². The Balaban J connectivity index is 1.61. The Kier molecular flexibility index (Phi) is 8.30. The SMILES string of the molecule is COc1ccc(CN(C(=O)c2cccc(F)c2)C(C)c2ccccc2)cc1OCc1nc(CO)cs1. The van der Waals surface area contributed by atoms with Crippen molar-refractivity contribution in [3.05, 3.63) is 111 Å². The average molecular weight is 507 g/mol. The van der Waals surface area contributed by atoms with Gasteiger partial charge in [-0.2, -0.15) is 0 Å². The van der Waals surface area contributed by atoms with Crippen LogP contribution in [0.15, 0.2) is 78.2 Å². The van der Waals surface area contributed by atoms with Crippen molar-refractivity contribution < 1.29 is 23.8 Å². The van der Waals surface area contributed by atoms with Gasteiger partial charge in [-0.15, -0.1) is 11.3 Å². The molecule has 3 aromatic carbocycles. The third-order valence-corrected chi connectivity index (χ3v) is 6.65. The van der Waals surface area contributed by atoms with E-state index < -0.39 is 5.82 Å². The molecule has 1 atom stereocenters. The second-order valence-corrected chi connectivity index (χ2v) is 9.14. The van der Waals surface area contributed by atoms with Gasteiger partial charge in [-0.25, -0.2) is 9.37 Å². The summed E-state index contributed by atoms with van der Waals surface area (Å²) >= 11 is 1.41. The molecule has 6 nitrogen and oxygen atoms in total. The zero-order valence-corrected chi connectivity index (χ0v) is 20.9. The van der Waals surface area contributed by atoms with Crippen molar-refractivity contribution in [2.75, 3.05) is 7.11 Å². The number of ether oxygens (including phenoxy) is 2. The molecule has 186 valence electrons. The van der Waals surface area contributed by atoms with Crippen LogP contribution < -0.4 is 9.47 Å². The zero-order valence-electron chi connectivity index (χ0n) is 20.1. The van der Waals surface area contributed by atoms with Crippen LogP contribution in [0.4, 0.5) is 4.39 Å². The lowest BCUT2D eigenvalue weighted by Gasteiger charge is -2.30. The maximum absolute atomic E-state index is 13.9. The Morgan fingerprint density at radius 1 is 1.08 bits per heavy atom.